The van der Waals surface area contributed by atoms with Crippen molar-refractivity contribution in [3.05, 3.63) is 41.9 Å². The highest BCUT2D eigenvalue weighted by Gasteiger charge is 2.14. The Morgan fingerprint density at radius 1 is 1.19 bits per heavy atom. The van der Waals surface area contributed by atoms with Crippen LogP contribution in [0.4, 0.5) is 5.82 Å². The van der Waals surface area contributed by atoms with Crippen LogP contribution in [0.2, 0.25) is 0 Å². The summed E-state index contributed by atoms with van der Waals surface area (Å²) >= 11 is 0. The predicted octanol–water partition coefficient (Wildman–Crippen LogP) is 2.79. The molecule has 3 N–H and O–H groups in total. The molecule has 0 atom stereocenters. The molecule has 0 amide bonds. The molecule has 108 valence electrons. The third-order valence-electron chi connectivity index (χ3n) is 3.38. The molecule has 0 saturated heterocycles. The number of aromatic hydroxyl groups is 1. The number of benzene rings is 1. The molecule has 6 heteroatoms. The minimum atomic E-state index is 0.264. The van der Waals surface area contributed by atoms with E-state index in [4.69, 9.17) is 0 Å². The zero-order valence-electron chi connectivity index (χ0n) is 12.0. The SMILES string of the molecule is CC(C)c1[nH]nc2c(NCc3ccccc3O)ncnc12. The van der Waals surface area contributed by atoms with Gasteiger partial charge in [-0.05, 0) is 12.0 Å². The topological polar surface area (TPSA) is 86.7 Å². The van der Waals surface area contributed by atoms with Gasteiger partial charge in [-0.1, -0.05) is 32.0 Å². The molecule has 1 aromatic carbocycles. The van der Waals surface area contributed by atoms with Crippen LogP contribution in [0.1, 0.15) is 31.0 Å². The summed E-state index contributed by atoms with van der Waals surface area (Å²) in [6, 6.07) is 7.21. The molecular formula is C15H17N5O. The summed E-state index contributed by atoms with van der Waals surface area (Å²) in [5.41, 5.74) is 3.36. The molecule has 0 fully saturated rings. The van der Waals surface area contributed by atoms with Crippen molar-refractivity contribution in [2.75, 3.05) is 5.32 Å². The maximum Gasteiger partial charge on any atom is 0.158 e. The molecule has 2 heterocycles. The summed E-state index contributed by atoms with van der Waals surface area (Å²) in [4.78, 5) is 8.54. The summed E-state index contributed by atoms with van der Waals surface area (Å²) in [7, 11) is 0. The monoisotopic (exact) mass is 283 g/mol. The van der Waals surface area contributed by atoms with E-state index < -0.39 is 0 Å². The molecule has 2 aromatic heterocycles. The third kappa shape index (κ3) is 2.52. The van der Waals surface area contributed by atoms with Gasteiger partial charge in [-0.25, -0.2) is 9.97 Å². The molecular weight excluding hydrogens is 266 g/mol. The molecule has 3 aromatic rings. The first-order chi connectivity index (χ1) is 10.2. The van der Waals surface area contributed by atoms with Gasteiger partial charge in [0, 0.05) is 12.1 Å². The number of nitrogens with zero attached hydrogens (tertiary/aromatic N) is 3. The number of fused-ring (bicyclic) bond motifs is 1. The van der Waals surface area contributed by atoms with E-state index in [2.05, 4.69) is 39.3 Å². The minimum absolute atomic E-state index is 0.264. The van der Waals surface area contributed by atoms with Crippen LogP contribution >= 0.6 is 0 Å². The number of rotatable bonds is 4. The number of phenols is 1. The number of aromatic amines is 1. The van der Waals surface area contributed by atoms with Crippen LogP contribution in [0.25, 0.3) is 11.0 Å². The number of hydrogen-bond donors (Lipinski definition) is 3. The van der Waals surface area contributed by atoms with Crippen molar-refractivity contribution in [3.63, 3.8) is 0 Å². The van der Waals surface area contributed by atoms with Crippen molar-refractivity contribution in [1.82, 2.24) is 20.2 Å². The van der Waals surface area contributed by atoms with E-state index >= 15 is 0 Å². The number of nitrogens with one attached hydrogen (secondary N) is 2. The number of aromatic nitrogens is 4. The normalized spacial score (nSPS) is 11.2. The van der Waals surface area contributed by atoms with Crippen LogP contribution in [-0.4, -0.2) is 25.3 Å². The summed E-state index contributed by atoms with van der Waals surface area (Å²) < 4.78 is 0. The van der Waals surface area contributed by atoms with Crippen LogP contribution in [0, 0.1) is 0 Å². The Bertz CT molecular complexity index is 766. The Morgan fingerprint density at radius 3 is 2.76 bits per heavy atom. The molecule has 0 spiro atoms. The van der Waals surface area contributed by atoms with E-state index in [0.717, 1.165) is 22.3 Å². The largest absolute Gasteiger partial charge is 0.508 e. The van der Waals surface area contributed by atoms with Crippen molar-refractivity contribution in [2.45, 2.75) is 26.3 Å². The van der Waals surface area contributed by atoms with Crippen molar-refractivity contribution in [2.24, 2.45) is 0 Å². The average Bonchev–Trinajstić information content (AvgIpc) is 2.91. The maximum absolute atomic E-state index is 9.78. The summed E-state index contributed by atoms with van der Waals surface area (Å²) in [5.74, 6) is 1.24. The fourth-order valence-corrected chi connectivity index (χ4v) is 2.22. The first-order valence-corrected chi connectivity index (χ1v) is 6.86. The molecule has 0 radical (unpaired) electrons. The van der Waals surface area contributed by atoms with E-state index in [9.17, 15) is 5.11 Å². The lowest BCUT2D eigenvalue weighted by Crippen LogP contribution is -2.02. The van der Waals surface area contributed by atoms with Crippen molar-refractivity contribution < 1.29 is 5.11 Å². The van der Waals surface area contributed by atoms with E-state index in [1.165, 1.54) is 6.33 Å². The number of anilines is 1. The second-order valence-corrected chi connectivity index (χ2v) is 5.19. The Balaban J connectivity index is 1.89. The maximum atomic E-state index is 9.78. The van der Waals surface area contributed by atoms with Gasteiger partial charge in [0.25, 0.3) is 0 Å². The lowest BCUT2D eigenvalue weighted by molar-refractivity contribution is 0.469. The number of phenolic OH excluding ortho intramolecular Hbond substituents is 1. The van der Waals surface area contributed by atoms with Crippen LogP contribution in [0.5, 0.6) is 5.75 Å². The number of H-pyrrole nitrogens is 1. The Hall–Kier alpha value is -2.63. The highest BCUT2D eigenvalue weighted by molar-refractivity contribution is 5.86. The molecule has 21 heavy (non-hydrogen) atoms. The van der Waals surface area contributed by atoms with Gasteiger partial charge in [-0.2, -0.15) is 5.10 Å². The first-order valence-electron chi connectivity index (χ1n) is 6.86. The Kier molecular flexibility index (Phi) is 3.43. The quantitative estimate of drug-likeness (QED) is 0.685. The molecule has 0 unspecified atom stereocenters. The molecule has 0 aliphatic rings. The molecule has 0 aliphatic heterocycles. The third-order valence-corrected chi connectivity index (χ3v) is 3.38. The summed E-state index contributed by atoms with van der Waals surface area (Å²) in [6.45, 7) is 4.65. The second kappa shape index (κ2) is 5.40. The van der Waals surface area contributed by atoms with E-state index in [1.54, 1.807) is 12.1 Å². The van der Waals surface area contributed by atoms with Gasteiger partial charge in [-0.3, -0.25) is 5.10 Å². The minimum Gasteiger partial charge on any atom is -0.508 e. The van der Waals surface area contributed by atoms with E-state index in [1.807, 2.05) is 12.1 Å². The molecule has 6 nitrogen and oxygen atoms in total. The van der Waals surface area contributed by atoms with Gasteiger partial charge in [0.2, 0.25) is 0 Å². The fraction of sp³-hybridized carbons (Fsp3) is 0.267. The van der Waals surface area contributed by atoms with Crippen molar-refractivity contribution in [1.29, 1.82) is 0 Å². The highest BCUT2D eigenvalue weighted by atomic mass is 16.3. The zero-order chi connectivity index (χ0) is 14.8. The Labute approximate surface area is 122 Å². The van der Waals surface area contributed by atoms with E-state index in [-0.39, 0.29) is 5.75 Å². The highest BCUT2D eigenvalue weighted by Crippen LogP contribution is 2.25. The predicted molar refractivity (Wildman–Crippen MR) is 81.2 cm³/mol. The van der Waals surface area contributed by atoms with Gasteiger partial charge >= 0.3 is 0 Å². The number of para-hydroxylation sites is 1. The number of hydrogen-bond acceptors (Lipinski definition) is 5. The zero-order valence-corrected chi connectivity index (χ0v) is 12.0. The van der Waals surface area contributed by atoms with Gasteiger partial charge < -0.3 is 10.4 Å². The standard InChI is InChI=1S/C15H17N5O/c1-9(2)12-13-14(20-19-12)15(18-8-17-13)16-7-10-5-3-4-6-11(10)21/h3-6,8-9,21H,7H2,1-2H3,(H,19,20)(H,16,17,18). The smallest absolute Gasteiger partial charge is 0.158 e. The summed E-state index contributed by atoms with van der Waals surface area (Å²) in [5, 5.41) is 20.3. The van der Waals surface area contributed by atoms with Crippen LogP contribution in [-0.2, 0) is 6.54 Å². The van der Waals surface area contributed by atoms with Crippen molar-refractivity contribution in [3.8, 4) is 5.75 Å². The van der Waals surface area contributed by atoms with Crippen LogP contribution < -0.4 is 5.32 Å². The van der Waals surface area contributed by atoms with Gasteiger partial charge in [0.05, 0.1) is 5.69 Å². The van der Waals surface area contributed by atoms with Gasteiger partial charge in [-0.15, -0.1) is 0 Å². The van der Waals surface area contributed by atoms with Crippen molar-refractivity contribution >= 4 is 16.9 Å². The van der Waals surface area contributed by atoms with Crippen LogP contribution in [0.15, 0.2) is 30.6 Å². The van der Waals surface area contributed by atoms with E-state index in [0.29, 0.717) is 18.3 Å². The fourth-order valence-electron chi connectivity index (χ4n) is 2.22. The van der Waals surface area contributed by atoms with Crippen LogP contribution in [0.3, 0.4) is 0 Å². The second-order valence-electron chi connectivity index (χ2n) is 5.19. The van der Waals surface area contributed by atoms with Gasteiger partial charge in [0.1, 0.15) is 17.6 Å². The summed E-state index contributed by atoms with van der Waals surface area (Å²) in [6.07, 6.45) is 1.52. The molecule has 0 bridgehead atoms. The lowest BCUT2D eigenvalue weighted by Gasteiger charge is -2.07. The lowest BCUT2D eigenvalue weighted by atomic mass is 10.1. The Morgan fingerprint density at radius 2 is 2.00 bits per heavy atom. The first kappa shape index (κ1) is 13.4. The average molecular weight is 283 g/mol. The molecule has 3 rings (SSSR count). The molecule has 0 saturated carbocycles. The van der Waals surface area contributed by atoms with Gasteiger partial charge in [0.15, 0.2) is 11.3 Å². The molecule has 0 aliphatic carbocycles.